The van der Waals surface area contributed by atoms with Gasteiger partial charge in [0.25, 0.3) is 0 Å². The summed E-state index contributed by atoms with van der Waals surface area (Å²) in [5, 5.41) is 22.6. The lowest BCUT2D eigenvalue weighted by molar-refractivity contribution is 0.0694. The standard InChI is InChI=1S/C15H12ClN3O3S/c1-2-8-6-10-12(18-15(16)19-13(10)23-8)17-7-3-4-11(20)9(5-7)14(21)22/h3-6,20H,2H2,1H3,(H,21,22)(H,17,18,19). The van der Waals surface area contributed by atoms with Crippen LogP contribution in [-0.2, 0) is 6.42 Å². The van der Waals surface area contributed by atoms with E-state index in [0.717, 1.165) is 21.5 Å². The van der Waals surface area contributed by atoms with Crippen molar-refractivity contribution in [2.75, 3.05) is 5.32 Å². The van der Waals surface area contributed by atoms with E-state index in [4.69, 9.17) is 16.7 Å². The molecule has 8 heteroatoms. The number of aromatic nitrogens is 2. The predicted octanol–water partition coefficient (Wildman–Crippen LogP) is 4.05. The van der Waals surface area contributed by atoms with Crippen molar-refractivity contribution in [1.82, 2.24) is 9.97 Å². The number of phenols is 1. The Hall–Kier alpha value is -2.38. The number of aromatic hydroxyl groups is 1. The molecule has 0 bridgehead atoms. The zero-order valence-electron chi connectivity index (χ0n) is 12.0. The first-order chi connectivity index (χ1) is 11.0. The van der Waals surface area contributed by atoms with Crippen LogP contribution in [0.2, 0.25) is 5.28 Å². The first-order valence-electron chi connectivity index (χ1n) is 6.77. The number of hydrogen-bond acceptors (Lipinski definition) is 6. The third kappa shape index (κ3) is 3.06. The number of fused-ring (bicyclic) bond motifs is 1. The van der Waals surface area contributed by atoms with Gasteiger partial charge in [-0.05, 0) is 42.3 Å². The Balaban J connectivity index is 2.06. The first kappa shape index (κ1) is 15.5. The second-order valence-electron chi connectivity index (χ2n) is 4.79. The maximum absolute atomic E-state index is 11.1. The van der Waals surface area contributed by atoms with Crippen LogP contribution >= 0.6 is 22.9 Å². The van der Waals surface area contributed by atoms with Gasteiger partial charge in [-0.15, -0.1) is 11.3 Å². The SMILES string of the molecule is CCc1cc2c(Nc3ccc(O)c(C(=O)O)c3)nc(Cl)nc2s1. The molecule has 0 aliphatic rings. The van der Waals surface area contributed by atoms with Crippen LogP contribution in [0.4, 0.5) is 11.5 Å². The van der Waals surface area contributed by atoms with E-state index in [1.165, 1.54) is 23.5 Å². The van der Waals surface area contributed by atoms with E-state index < -0.39 is 5.97 Å². The Morgan fingerprint density at radius 1 is 1.35 bits per heavy atom. The van der Waals surface area contributed by atoms with Crippen molar-refractivity contribution in [3.63, 3.8) is 0 Å². The summed E-state index contributed by atoms with van der Waals surface area (Å²) in [7, 11) is 0. The maximum Gasteiger partial charge on any atom is 0.339 e. The van der Waals surface area contributed by atoms with Gasteiger partial charge in [-0.3, -0.25) is 0 Å². The predicted molar refractivity (Wildman–Crippen MR) is 90.2 cm³/mol. The average Bonchev–Trinajstić information content (AvgIpc) is 2.92. The lowest BCUT2D eigenvalue weighted by atomic mass is 10.1. The molecule has 6 nitrogen and oxygen atoms in total. The van der Waals surface area contributed by atoms with Crippen molar-refractivity contribution in [2.45, 2.75) is 13.3 Å². The van der Waals surface area contributed by atoms with E-state index in [9.17, 15) is 9.90 Å². The Labute approximate surface area is 140 Å². The number of carboxylic acids is 1. The van der Waals surface area contributed by atoms with E-state index in [2.05, 4.69) is 15.3 Å². The van der Waals surface area contributed by atoms with E-state index in [1.54, 1.807) is 6.07 Å². The summed E-state index contributed by atoms with van der Waals surface area (Å²) < 4.78 is 0. The Morgan fingerprint density at radius 3 is 2.83 bits per heavy atom. The van der Waals surface area contributed by atoms with Gasteiger partial charge in [0, 0.05) is 10.6 Å². The minimum Gasteiger partial charge on any atom is -0.507 e. The van der Waals surface area contributed by atoms with Crippen LogP contribution < -0.4 is 5.32 Å². The number of carbonyl (C=O) groups is 1. The molecule has 0 aliphatic carbocycles. The molecule has 23 heavy (non-hydrogen) atoms. The summed E-state index contributed by atoms with van der Waals surface area (Å²) in [4.78, 5) is 21.4. The van der Waals surface area contributed by atoms with E-state index in [1.807, 2.05) is 13.0 Å². The number of nitrogens with one attached hydrogen (secondary N) is 1. The van der Waals surface area contributed by atoms with Gasteiger partial charge < -0.3 is 15.5 Å². The largest absolute Gasteiger partial charge is 0.507 e. The first-order valence-corrected chi connectivity index (χ1v) is 7.96. The van der Waals surface area contributed by atoms with Crippen LogP contribution in [0.25, 0.3) is 10.2 Å². The fraction of sp³-hybridized carbons (Fsp3) is 0.133. The van der Waals surface area contributed by atoms with Crippen LogP contribution in [0.15, 0.2) is 24.3 Å². The molecule has 3 aromatic rings. The van der Waals surface area contributed by atoms with Crippen LogP contribution in [-0.4, -0.2) is 26.2 Å². The minimum atomic E-state index is -1.21. The van der Waals surface area contributed by atoms with Crippen molar-refractivity contribution in [1.29, 1.82) is 0 Å². The highest BCUT2D eigenvalue weighted by Gasteiger charge is 2.13. The van der Waals surface area contributed by atoms with Crippen LogP contribution in [0.3, 0.4) is 0 Å². The van der Waals surface area contributed by atoms with Gasteiger partial charge in [-0.2, -0.15) is 4.98 Å². The van der Waals surface area contributed by atoms with Gasteiger partial charge >= 0.3 is 5.97 Å². The number of hydrogen-bond donors (Lipinski definition) is 3. The molecule has 0 unspecified atom stereocenters. The number of benzene rings is 1. The molecule has 1 aromatic carbocycles. The Morgan fingerprint density at radius 2 is 2.13 bits per heavy atom. The number of aryl methyl sites for hydroxylation is 1. The molecule has 0 spiro atoms. The van der Waals surface area contributed by atoms with Gasteiger partial charge in [-0.25, -0.2) is 9.78 Å². The highest BCUT2D eigenvalue weighted by atomic mass is 35.5. The van der Waals surface area contributed by atoms with Crippen molar-refractivity contribution in [2.24, 2.45) is 0 Å². The number of thiophene rings is 1. The van der Waals surface area contributed by atoms with E-state index in [0.29, 0.717) is 11.5 Å². The Kier molecular flexibility index (Phi) is 4.06. The molecule has 2 heterocycles. The second kappa shape index (κ2) is 6.02. The lowest BCUT2D eigenvalue weighted by Crippen LogP contribution is -2.00. The summed E-state index contributed by atoms with van der Waals surface area (Å²) in [5.74, 6) is -1.00. The normalized spacial score (nSPS) is 10.9. The number of carboxylic acid groups (broad SMARTS) is 1. The summed E-state index contributed by atoms with van der Waals surface area (Å²) >= 11 is 7.50. The lowest BCUT2D eigenvalue weighted by Gasteiger charge is -2.08. The van der Waals surface area contributed by atoms with Gasteiger partial charge in [0.05, 0.1) is 5.39 Å². The molecule has 0 radical (unpaired) electrons. The summed E-state index contributed by atoms with van der Waals surface area (Å²) in [6.07, 6.45) is 0.875. The highest BCUT2D eigenvalue weighted by Crippen LogP contribution is 2.32. The number of anilines is 2. The minimum absolute atomic E-state index is 0.113. The van der Waals surface area contributed by atoms with Crippen LogP contribution in [0, 0.1) is 0 Å². The molecule has 0 saturated carbocycles. The molecule has 0 saturated heterocycles. The maximum atomic E-state index is 11.1. The smallest absolute Gasteiger partial charge is 0.339 e. The molecule has 3 N–H and O–H groups in total. The molecule has 0 aliphatic heterocycles. The van der Waals surface area contributed by atoms with Crippen molar-refractivity contribution >= 4 is 50.6 Å². The third-order valence-electron chi connectivity index (χ3n) is 3.25. The van der Waals surface area contributed by atoms with Crippen LogP contribution in [0.5, 0.6) is 5.75 Å². The fourth-order valence-corrected chi connectivity index (χ4v) is 3.32. The molecular formula is C15H12ClN3O3S. The van der Waals surface area contributed by atoms with E-state index in [-0.39, 0.29) is 16.6 Å². The third-order valence-corrected chi connectivity index (χ3v) is 4.60. The number of aromatic carboxylic acids is 1. The number of rotatable bonds is 4. The zero-order chi connectivity index (χ0) is 16.6. The molecule has 0 fully saturated rings. The van der Waals surface area contributed by atoms with Crippen LogP contribution in [0.1, 0.15) is 22.2 Å². The summed E-state index contributed by atoms with van der Waals surface area (Å²) in [5.41, 5.74) is 0.298. The molecular weight excluding hydrogens is 338 g/mol. The molecule has 0 amide bonds. The molecule has 0 atom stereocenters. The second-order valence-corrected chi connectivity index (χ2v) is 6.24. The monoisotopic (exact) mass is 349 g/mol. The summed E-state index contributed by atoms with van der Waals surface area (Å²) in [6, 6.07) is 6.21. The molecule has 2 aromatic heterocycles. The quantitative estimate of drug-likeness (QED) is 0.485. The van der Waals surface area contributed by atoms with Gasteiger partial charge in [0.1, 0.15) is 22.0 Å². The van der Waals surface area contributed by atoms with Crippen molar-refractivity contribution in [3.05, 3.63) is 40.0 Å². The number of nitrogens with zero attached hydrogens (tertiary/aromatic N) is 2. The zero-order valence-corrected chi connectivity index (χ0v) is 13.6. The van der Waals surface area contributed by atoms with Crippen molar-refractivity contribution < 1.29 is 15.0 Å². The molecule has 118 valence electrons. The molecule has 3 rings (SSSR count). The fourth-order valence-electron chi connectivity index (χ4n) is 2.14. The average molecular weight is 350 g/mol. The Bertz CT molecular complexity index is 910. The van der Waals surface area contributed by atoms with E-state index >= 15 is 0 Å². The van der Waals surface area contributed by atoms with Crippen molar-refractivity contribution in [3.8, 4) is 5.75 Å². The van der Waals surface area contributed by atoms with Gasteiger partial charge in [0.15, 0.2) is 0 Å². The topological polar surface area (TPSA) is 95.3 Å². The van der Waals surface area contributed by atoms with Gasteiger partial charge in [-0.1, -0.05) is 6.92 Å². The number of halogens is 1. The highest BCUT2D eigenvalue weighted by molar-refractivity contribution is 7.18. The van der Waals surface area contributed by atoms with Gasteiger partial charge in [0.2, 0.25) is 5.28 Å². The summed E-state index contributed by atoms with van der Waals surface area (Å²) in [6.45, 7) is 2.05.